The lowest BCUT2D eigenvalue weighted by molar-refractivity contribution is 0.185. The minimum Gasteiger partial charge on any atom is -0.290 e. The molecule has 5 nitrogen and oxygen atoms in total. The standard InChI is InChI=1S/C22H24ClN3O2S/c1-15-5-7-17(8-6-15)29(27,28)26-20(13-18-19(23)9-11-24-21(18)26)16-10-12-25(14-16)22(2,3)4/h5-11,13H,12,14H2,1-4H3. The van der Waals surface area contributed by atoms with Crippen molar-refractivity contribution in [3.63, 3.8) is 0 Å². The lowest BCUT2D eigenvalue weighted by Crippen LogP contribution is -2.39. The van der Waals surface area contributed by atoms with E-state index in [0.29, 0.717) is 28.3 Å². The van der Waals surface area contributed by atoms with Gasteiger partial charge in [-0.15, -0.1) is 0 Å². The first-order valence-corrected chi connectivity index (χ1v) is 11.3. The smallest absolute Gasteiger partial charge is 0.269 e. The van der Waals surface area contributed by atoms with Crippen molar-refractivity contribution >= 4 is 38.2 Å². The molecule has 7 heteroatoms. The van der Waals surface area contributed by atoms with Crippen LogP contribution in [0.25, 0.3) is 16.6 Å². The molecule has 1 aliphatic rings. The van der Waals surface area contributed by atoms with Crippen molar-refractivity contribution in [2.45, 2.75) is 38.1 Å². The largest absolute Gasteiger partial charge is 0.290 e. The molecule has 0 saturated carbocycles. The fourth-order valence-corrected chi connectivity index (χ4v) is 5.27. The Kier molecular flexibility index (Phi) is 4.84. The second-order valence-electron chi connectivity index (χ2n) is 8.42. The van der Waals surface area contributed by atoms with Crippen LogP contribution in [0.5, 0.6) is 0 Å². The highest BCUT2D eigenvalue weighted by atomic mass is 35.5. The number of halogens is 1. The van der Waals surface area contributed by atoms with Crippen molar-refractivity contribution in [1.82, 2.24) is 13.9 Å². The summed E-state index contributed by atoms with van der Waals surface area (Å²) in [5.74, 6) is 0. The number of hydrogen-bond donors (Lipinski definition) is 0. The Balaban J connectivity index is 1.93. The maximum absolute atomic E-state index is 13.6. The Morgan fingerprint density at radius 1 is 1.10 bits per heavy atom. The van der Waals surface area contributed by atoms with E-state index in [1.165, 1.54) is 3.97 Å². The monoisotopic (exact) mass is 429 g/mol. The topological polar surface area (TPSA) is 55.2 Å². The first-order valence-electron chi connectivity index (χ1n) is 9.52. The average Bonchev–Trinajstić information content (AvgIpc) is 3.27. The maximum atomic E-state index is 13.6. The normalized spacial score (nSPS) is 15.8. The zero-order chi connectivity index (χ0) is 21.0. The molecule has 1 aromatic carbocycles. The fourth-order valence-electron chi connectivity index (χ4n) is 3.58. The highest BCUT2D eigenvalue weighted by Gasteiger charge is 2.31. The molecule has 0 saturated heterocycles. The summed E-state index contributed by atoms with van der Waals surface area (Å²) in [7, 11) is -3.84. The lowest BCUT2D eigenvalue weighted by atomic mass is 10.1. The summed E-state index contributed by atoms with van der Waals surface area (Å²) in [4.78, 5) is 6.90. The van der Waals surface area contributed by atoms with Gasteiger partial charge in [-0.1, -0.05) is 35.4 Å². The molecule has 0 N–H and O–H groups in total. The molecule has 2 aromatic heterocycles. The molecule has 0 spiro atoms. The van der Waals surface area contributed by atoms with Crippen LogP contribution in [0, 0.1) is 6.92 Å². The van der Waals surface area contributed by atoms with Crippen LogP contribution >= 0.6 is 11.6 Å². The molecule has 0 aliphatic carbocycles. The number of pyridine rings is 1. The van der Waals surface area contributed by atoms with Crippen LogP contribution in [-0.4, -0.2) is 40.9 Å². The molecule has 0 amide bonds. The van der Waals surface area contributed by atoms with E-state index in [9.17, 15) is 8.42 Å². The van der Waals surface area contributed by atoms with Gasteiger partial charge >= 0.3 is 0 Å². The van der Waals surface area contributed by atoms with Crippen molar-refractivity contribution in [3.8, 4) is 0 Å². The van der Waals surface area contributed by atoms with E-state index in [1.807, 2.05) is 13.0 Å². The first-order chi connectivity index (χ1) is 13.6. The molecule has 0 unspecified atom stereocenters. The van der Waals surface area contributed by atoms with Gasteiger partial charge in [-0.3, -0.25) is 4.90 Å². The van der Waals surface area contributed by atoms with Crippen molar-refractivity contribution in [1.29, 1.82) is 0 Å². The zero-order valence-corrected chi connectivity index (χ0v) is 18.5. The van der Waals surface area contributed by atoms with Crippen LogP contribution in [0.2, 0.25) is 5.02 Å². The Labute approximate surface area is 176 Å². The van der Waals surface area contributed by atoms with Crippen LogP contribution < -0.4 is 0 Å². The quantitative estimate of drug-likeness (QED) is 0.603. The number of aryl methyl sites for hydroxylation is 1. The van der Waals surface area contributed by atoms with Gasteiger partial charge in [0.05, 0.1) is 15.6 Å². The molecule has 152 valence electrons. The summed E-state index contributed by atoms with van der Waals surface area (Å²) in [5.41, 5.74) is 2.92. The van der Waals surface area contributed by atoms with Crippen molar-refractivity contribution in [2.24, 2.45) is 0 Å². The number of hydrogen-bond acceptors (Lipinski definition) is 4. The molecular formula is C22H24ClN3O2S. The predicted octanol–water partition coefficient (Wildman–Crippen LogP) is 4.73. The minimum absolute atomic E-state index is 0.0131. The van der Waals surface area contributed by atoms with Gasteiger partial charge < -0.3 is 0 Å². The highest BCUT2D eigenvalue weighted by Crippen LogP contribution is 2.35. The zero-order valence-electron chi connectivity index (χ0n) is 17.0. The number of rotatable bonds is 3. The molecule has 29 heavy (non-hydrogen) atoms. The first kappa shape index (κ1) is 20.1. The van der Waals surface area contributed by atoms with E-state index in [4.69, 9.17) is 11.6 Å². The Bertz CT molecular complexity index is 1220. The molecule has 4 rings (SSSR count). The maximum Gasteiger partial charge on any atom is 0.269 e. The van der Waals surface area contributed by atoms with Crippen LogP contribution in [0.15, 0.2) is 53.6 Å². The number of benzene rings is 1. The van der Waals surface area contributed by atoms with Crippen LogP contribution in [-0.2, 0) is 10.0 Å². The average molecular weight is 430 g/mol. The molecule has 0 atom stereocenters. The van der Waals surface area contributed by atoms with Gasteiger partial charge in [-0.2, -0.15) is 0 Å². The SMILES string of the molecule is Cc1ccc(S(=O)(=O)n2c(C3=CCN(C(C)(C)C)C3)cc3c(Cl)ccnc32)cc1. The summed E-state index contributed by atoms with van der Waals surface area (Å²) in [6, 6.07) is 10.4. The number of nitrogens with zero attached hydrogens (tertiary/aromatic N) is 3. The molecular weight excluding hydrogens is 406 g/mol. The van der Waals surface area contributed by atoms with Gasteiger partial charge in [0.15, 0.2) is 5.65 Å². The Morgan fingerprint density at radius 3 is 2.41 bits per heavy atom. The Morgan fingerprint density at radius 2 is 1.79 bits per heavy atom. The summed E-state index contributed by atoms with van der Waals surface area (Å²) >= 11 is 6.39. The lowest BCUT2D eigenvalue weighted by Gasteiger charge is -2.31. The summed E-state index contributed by atoms with van der Waals surface area (Å²) in [6.45, 7) is 9.83. The van der Waals surface area contributed by atoms with Gasteiger partial charge in [-0.05, 0) is 57.5 Å². The van der Waals surface area contributed by atoms with Crippen LogP contribution in [0.4, 0.5) is 0 Å². The number of fused-ring (bicyclic) bond motifs is 1. The molecule has 3 aromatic rings. The van der Waals surface area contributed by atoms with Crippen molar-refractivity contribution in [3.05, 3.63) is 65.0 Å². The molecule has 0 bridgehead atoms. The third-order valence-corrected chi connectivity index (χ3v) is 7.41. The number of aromatic nitrogens is 2. The van der Waals surface area contributed by atoms with Gasteiger partial charge in [0.1, 0.15) is 0 Å². The minimum atomic E-state index is -3.84. The third-order valence-electron chi connectivity index (χ3n) is 5.36. The predicted molar refractivity (Wildman–Crippen MR) is 118 cm³/mol. The summed E-state index contributed by atoms with van der Waals surface area (Å²) < 4.78 is 28.6. The van der Waals surface area contributed by atoms with Gasteiger partial charge in [-0.25, -0.2) is 17.4 Å². The van der Waals surface area contributed by atoms with Gasteiger partial charge in [0, 0.05) is 30.2 Å². The van der Waals surface area contributed by atoms with Crippen molar-refractivity contribution in [2.75, 3.05) is 13.1 Å². The molecule has 0 fully saturated rings. The van der Waals surface area contributed by atoms with E-state index >= 15 is 0 Å². The third kappa shape index (κ3) is 3.50. The highest BCUT2D eigenvalue weighted by molar-refractivity contribution is 7.90. The van der Waals surface area contributed by atoms with E-state index in [-0.39, 0.29) is 10.4 Å². The van der Waals surface area contributed by atoms with E-state index in [1.54, 1.807) is 36.5 Å². The van der Waals surface area contributed by atoms with E-state index < -0.39 is 10.0 Å². The molecule has 0 radical (unpaired) electrons. The van der Waals surface area contributed by atoms with Crippen LogP contribution in [0.1, 0.15) is 32.0 Å². The summed E-state index contributed by atoms with van der Waals surface area (Å²) in [6.07, 6.45) is 3.63. The van der Waals surface area contributed by atoms with Gasteiger partial charge in [0.25, 0.3) is 10.0 Å². The van der Waals surface area contributed by atoms with Crippen LogP contribution in [0.3, 0.4) is 0 Å². The van der Waals surface area contributed by atoms with Gasteiger partial charge in [0.2, 0.25) is 0 Å². The molecule has 1 aliphatic heterocycles. The summed E-state index contributed by atoms with van der Waals surface area (Å²) in [5, 5.41) is 1.12. The fraction of sp³-hybridized carbons (Fsp3) is 0.318. The molecule has 3 heterocycles. The van der Waals surface area contributed by atoms with Crippen molar-refractivity contribution < 1.29 is 8.42 Å². The second kappa shape index (κ2) is 6.97. The Hall–Kier alpha value is -2.15. The van der Waals surface area contributed by atoms with E-state index in [0.717, 1.165) is 17.7 Å². The second-order valence-corrected chi connectivity index (χ2v) is 10.6. The van der Waals surface area contributed by atoms with E-state index in [2.05, 4.69) is 36.7 Å².